The Balaban J connectivity index is 2.08. The van der Waals surface area contributed by atoms with Crippen LogP contribution in [0.15, 0.2) is 72.8 Å². The van der Waals surface area contributed by atoms with Gasteiger partial charge in [0.2, 0.25) is 21.8 Å². The number of anilines is 1. The van der Waals surface area contributed by atoms with Crippen LogP contribution >= 0.6 is 11.6 Å². The highest BCUT2D eigenvalue weighted by molar-refractivity contribution is 7.92. The van der Waals surface area contributed by atoms with Gasteiger partial charge in [0.15, 0.2) is 0 Å². The van der Waals surface area contributed by atoms with E-state index >= 15 is 0 Å². The highest BCUT2D eigenvalue weighted by atomic mass is 35.5. The van der Waals surface area contributed by atoms with E-state index in [2.05, 4.69) is 5.32 Å². The highest BCUT2D eigenvalue weighted by Gasteiger charge is 2.34. The quantitative estimate of drug-likeness (QED) is 0.249. The van der Waals surface area contributed by atoms with E-state index in [1.165, 1.54) is 25.2 Å². The van der Waals surface area contributed by atoms with Crippen LogP contribution < -0.4 is 19.1 Å². The van der Waals surface area contributed by atoms with Crippen molar-refractivity contribution in [2.45, 2.75) is 38.8 Å². The van der Waals surface area contributed by atoms with Gasteiger partial charge in [0, 0.05) is 30.6 Å². The average molecular weight is 616 g/mol. The molecule has 42 heavy (non-hydrogen) atoms. The molecule has 9 nitrogen and oxygen atoms in total. The predicted octanol–water partition coefficient (Wildman–Crippen LogP) is 4.68. The van der Waals surface area contributed by atoms with Gasteiger partial charge >= 0.3 is 0 Å². The van der Waals surface area contributed by atoms with E-state index in [0.29, 0.717) is 22.9 Å². The largest absolute Gasteiger partial charge is 0.497 e. The van der Waals surface area contributed by atoms with Crippen molar-refractivity contribution < 1.29 is 27.5 Å². The number of unbranched alkanes of at least 4 members (excludes halogenated alkanes) is 1. The molecular formula is C31H38ClN3O6S. The summed E-state index contributed by atoms with van der Waals surface area (Å²) in [4.78, 5) is 29.3. The Morgan fingerprint density at radius 2 is 1.67 bits per heavy atom. The molecule has 0 aliphatic heterocycles. The fourth-order valence-corrected chi connectivity index (χ4v) is 5.50. The van der Waals surface area contributed by atoms with Crippen LogP contribution in [-0.2, 0) is 32.6 Å². The molecule has 0 heterocycles. The van der Waals surface area contributed by atoms with Crippen LogP contribution in [0.4, 0.5) is 5.69 Å². The van der Waals surface area contributed by atoms with Gasteiger partial charge in [-0.05, 0) is 35.7 Å². The van der Waals surface area contributed by atoms with E-state index in [-0.39, 0.29) is 30.3 Å². The van der Waals surface area contributed by atoms with Crippen molar-refractivity contribution in [1.82, 2.24) is 10.2 Å². The van der Waals surface area contributed by atoms with Crippen LogP contribution in [0.3, 0.4) is 0 Å². The Bertz CT molecular complexity index is 1450. The molecule has 11 heteroatoms. The first-order chi connectivity index (χ1) is 20.1. The maximum Gasteiger partial charge on any atom is 0.244 e. The van der Waals surface area contributed by atoms with E-state index in [1.807, 2.05) is 37.3 Å². The number of halogens is 1. The number of nitrogens with zero attached hydrogens (tertiary/aromatic N) is 2. The molecule has 0 saturated carbocycles. The van der Waals surface area contributed by atoms with Crippen molar-refractivity contribution in [3.63, 3.8) is 0 Å². The van der Waals surface area contributed by atoms with E-state index in [0.717, 1.165) is 29.0 Å². The zero-order chi connectivity index (χ0) is 30.7. The van der Waals surface area contributed by atoms with Crippen molar-refractivity contribution in [1.29, 1.82) is 0 Å². The van der Waals surface area contributed by atoms with Gasteiger partial charge in [-0.3, -0.25) is 13.9 Å². The molecule has 1 atom stereocenters. The molecule has 3 rings (SSSR count). The van der Waals surface area contributed by atoms with Crippen LogP contribution in [0.5, 0.6) is 11.5 Å². The zero-order valence-electron chi connectivity index (χ0n) is 24.4. The number of ether oxygens (including phenoxy) is 2. The van der Waals surface area contributed by atoms with Crippen LogP contribution in [0.25, 0.3) is 0 Å². The van der Waals surface area contributed by atoms with Gasteiger partial charge in [0.25, 0.3) is 0 Å². The molecule has 0 aromatic heterocycles. The van der Waals surface area contributed by atoms with Gasteiger partial charge in [-0.2, -0.15) is 0 Å². The first-order valence-corrected chi connectivity index (χ1v) is 15.9. The minimum atomic E-state index is -3.96. The van der Waals surface area contributed by atoms with Gasteiger partial charge in [-0.15, -0.1) is 0 Å². The maximum absolute atomic E-state index is 14.2. The lowest BCUT2D eigenvalue weighted by Gasteiger charge is -2.34. The first kappa shape index (κ1) is 32.8. The summed E-state index contributed by atoms with van der Waals surface area (Å²) >= 11 is 6.49. The highest BCUT2D eigenvalue weighted by Crippen LogP contribution is 2.34. The smallest absolute Gasteiger partial charge is 0.244 e. The van der Waals surface area contributed by atoms with Crippen LogP contribution in [-0.4, -0.2) is 64.7 Å². The van der Waals surface area contributed by atoms with Gasteiger partial charge in [-0.25, -0.2) is 8.42 Å². The second-order valence-electron chi connectivity index (χ2n) is 9.77. The van der Waals surface area contributed by atoms with Crippen LogP contribution in [0, 0.1) is 0 Å². The summed E-state index contributed by atoms with van der Waals surface area (Å²) in [6, 6.07) is 20.1. The monoisotopic (exact) mass is 615 g/mol. The molecule has 226 valence electrons. The third-order valence-electron chi connectivity index (χ3n) is 6.73. The molecule has 0 spiro atoms. The SMILES string of the molecule is CCCCNC(=O)[C@H](Cc1ccccc1)N(Cc1ccccc1Cl)C(=O)CN(c1ccc(OC)cc1OC)S(C)(=O)=O. The van der Waals surface area contributed by atoms with Crippen molar-refractivity contribution in [3.8, 4) is 11.5 Å². The summed E-state index contributed by atoms with van der Waals surface area (Å²) in [6.07, 6.45) is 2.90. The molecule has 0 aliphatic carbocycles. The van der Waals surface area contributed by atoms with Crippen LogP contribution in [0.1, 0.15) is 30.9 Å². The molecule has 3 aromatic carbocycles. The number of carbonyl (C=O) groups excluding carboxylic acids is 2. The van der Waals surface area contributed by atoms with Gasteiger partial charge in [-0.1, -0.05) is 73.5 Å². The van der Waals surface area contributed by atoms with E-state index < -0.39 is 28.5 Å². The fraction of sp³-hybridized carbons (Fsp3) is 0.355. The van der Waals surface area contributed by atoms with Crippen LogP contribution in [0.2, 0.25) is 5.02 Å². The lowest BCUT2D eigenvalue weighted by molar-refractivity contribution is -0.140. The lowest BCUT2D eigenvalue weighted by Crippen LogP contribution is -2.53. The molecule has 0 unspecified atom stereocenters. The van der Waals surface area contributed by atoms with Crippen molar-refractivity contribution in [2.24, 2.45) is 0 Å². The second-order valence-corrected chi connectivity index (χ2v) is 12.1. The average Bonchev–Trinajstić information content (AvgIpc) is 2.98. The Labute approximate surface area is 253 Å². The molecule has 0 radical (unpaired) electrons. The van der Waals surface area contributed by atoms with Gasteiger partial charge < -0.3 is 19.7 Å². The lowest BCUT2D eigenvalue weighted by atomic mass is 10.0. The summed E-state index contributed by atoms with van der Waals surface area (Å²) in [5, 5.41) is 3.38. The molecule has 2 amide bonds. The zero-order valence-corrected chi connectivity index (χ0v) is 26.0. The number of hydrogen-bond donors (Lipinski definition) is 1. The fourth-order valence-electron chi connectivity index (χ4n) is 4.46. The number of amides is 2. The summed E-state index contributed by atoms with van der Waals surface area (Å²) in [6.45, 7) is 1.90. The minimum absolute atomic E-state index is 0.00540. The van der Waals surface area contributed by atoms with E-state index in [4.69, 9.17) is 21.1 Å². The number of methoxy groups -OCH3 is 2. The Hall–Kier alpha value is -3.76. The third kappa shape index (κ3) is 8.87. The van der Waals surface area contributed by atoms with E-state index in [9.17, 15) is 18.0 Å². The molecule has 0 aliphatic rings. The van der Waals surface area contributed by atoms with Crippen molar-refractivity contribution in [3.05, 3.63) is 88.9 Å². The molecule has 0 saturated heterocycles. The third-order valence-corrected chi connectivity index (χ3v) is 8.23. The number of benzene rings is 3. The predicted molar refractivity (Wildman–Crippen MR) is 166 cm³/mol. The summed E-state index contributed by atoms with van der Waals surface area (Å²) in [5.74, 6) is -0.240. The minimum Gasteiger partial charge on any atom is -0.497 e. The summed E-state index contributed by atoms with van der Waals surface area (Å²) < 4.78 is 37.8. The van der Waals surface area contributed by atoms with E-state index in [1.54, 1.807) is 36.4 Å². The van der Waals surface area contributed by atoms with Gasteiger partial charge in [0.05, 0.1) is 26.2 Å². The van der Waals surface area contributed by atoms with Gasteiger partial charge in [0.1, 0.15) is 24.1 Å². The first-order valence-electron chi connectivity index (χ1n) is 13.6. The molecule has 3 aromatic rings. The standard InChI is InChI=1S/C31H38ClN3O6S/c1-5-6-18-33-31(37)28(19-23-12-8-7-9-13-23)34(21-24-14-10-11-15-26(24)32)30(36)22-35(42(4,38)39)27-17-16-25(40-2)20-29(27)41-3/h7-17,20,28H,5-6,18-19,21-22H2,1-4H3,(H,33,37)/t28-/m0/s1. The molecule has 0 bridgehead atoms. The number of nitrogens with one attached hydrogen (secondary N) is 1. The molecule has 0 fully saturated rings. The number of rotatable bonds is 15. The molecular weight excluding hydrogens is 578 g/mol. The summed E-state index contributed by atoms with van der Waals surface area (Å²) in [5.41, 5.74) is 1.64. The Morgan fingerprint density at radius 3 is 2.29 bits per heavy atom. The molecule has 1 N–H and O–H groups in total. The van der Waals surface area contributed by atoms with Crippen molar-refractivity contribution >= 4 is 39.1 Å². The maximum atomic E-state index is 14.2. The number of sulfonamides is 1. The topological polar surface area (TPSA) is 105 Å². The second kappa shape index (κ2) is 15.5. The number of hydrogen-bond acceptors (Lipinski definition) is 6. The Kier molecular flexibility index (Phi) is 12.1. The van der Waals surface area contributed by atoms with Crippen molar-refractivity contribution in [2.75, 3.05) is 37.9 Å². The normalized spacial score (nSPS) is 11.8. The summed E-state index contributed by atoms with van der Waals surface area (Å²) in [7, 11) is -1.08. The number of carbonyl (C=O) groups is 2. The Morgan fingerprint density at radius 1 is 0.976 bits per heavy atom.